The Morgan fingerprint density at radius 1 is 0.819 bits per heavy atom. The summed E-state index contributed by atoms with van der Waals surface area (Å²) in [5, 5.41) is 78.2. The fourth-order valence-corrected chi connectivity index (χ4v) is 9.11. The van der Waals surface area contributed by atoms with E-state index in [1.165, 1.54) is 39.2 Å². The van der Waals surface area contributed by atoms with Gasteiger partial charge in [-0.1, -0.05) is 39.8 Å². The van der Waals surface area contributed by atoms with E-state index in [1.54, 1.807) is 13.8 Å². The quantitative estimate of drug-likeness (QED) is 0.0595. The molecule has 0 radical (unpaired) electrons. The number of ketones is 3. The normalized spacial score (nSPS) is 22.6. The van der Waals surface area contributed by atoms with E-state index < -0.39 is 149 Å². The number of hydrogen-bond donors (Lipinski definition) is 11. The van der Waals surface area contributed by atoms with Gasteiger partial charge in [-0.2, -0.15) is 0 Å². The minimum Gasteiger partial charge on any atom is -0.507 e. The van der Waals surface area contributed by atoms with Crippen molar-refractivity contribution in [3.8, 4) is 17.2 Å². The molecule has 23 heteroatoms. The molecular weight excluding hydrogens is 947 g/mol. The summed E-state index contributed by atoms with van der Waals surface area (Å²) < 4.78 is 17.6. The first kappa shape index (κ1) is 56.4. The molecule has 5 rings (SSSR count). The Morgan fingerprint density at radius 2 is 1.46 bits per heavy atom. The van der Waals surface area contributed by atoms with Crippen molar-refractivity contribution in [2.75, 3.05) is 20.3 Å². The monoisotopic (exact) mass is 1010 g/mol. The van der Waals surface area contributed by atoms with Gasteiger partial charge >= 0.3 is 5.97 Å². The first-order chi connectivity index (χ1) is 33.8. The van der Waals surface area contributed by atoms with Crippen LogP contribution in [0.25, 0.3) is 0 Å². The maximum atomic E-state index is 14.1. The summed E-state index contributed by atoms with van der Waals surface area (Å²) in [4.78, 5) is 118. The predicted molar refractivity (Wildman–Crippen MR) is 251 cm³/mol. The van der Waals surface area contributed by atoms with E-state index in [0.29, 0.717) is 0 Å². The molecule has 9 unspecified atom stereocenters. The van der Waals surface area contributed by atoms with Crippen LogP contribution < -0.4 is 31.3 Å². The summed E-state index contributed by atoms with van der Waals surface area (Å²) in [6.07, 6.45) is -7.70. The Hall–Kier alpha value is -6.53. The lowest BCUT2D eigenvalue weighted by atomic mass is 9.72. The minimum atomic E-state index is -2.43. The molecule has 72 heavy (non-hydrogen) atoms. The van der Waals surface area contributed by atoms with Gasteiger partial charge in [-0.15, -0.1) is 0 Å². The van der Waals surface area contributed by atoms with Crippen LogP contribution in [-0.4, -0.2) is 152 Å². The van der Waals surface area contributed by atoms with Gasteiger partial charge in [0.2, 0.25) is 35.3 Å². The Morgan fingerprint density at radius 3 is 2.07 bits per heavy atom. The van der Waals surface area contributed by atoms with Gasteiger partial charge in [0, 0.05) is 55.3 Å². The molecule has 1 heterocycles. The van der Waals surface area contributed by atoms with Crippen LogP contribution in [0.4, 0.5) is 0 Å². The van der Waals surface area contributed by atoms with Crippen LogP contribution in [0.2, 0.25) is 0 Å². The lowest BCUT2D eigenvalue weighted by Crippen LogP contribution is -2.60. The maximum absolute atomic E-state index is 14.1. The molecule has 11 N–H and O–H groups in total. The highest BCUT2D eigenvalue weighted by Crippen LogP contribution is 2.52. The molecule has 394 valence electrons. The number of nitrogens with one attached hydrogen (secondary N) is 5. The number of carboxylic acids is 1. The highest BCUT2D eigenvalue weighted by molar-refractivity contribution is 6.31. The van der Waals surface area contributed by atoms with Crippen molar-refractivity contribution in [2.24, 2.45) is 11.8 Å². The third kappa shape index (κ3) is 12.9. The molecule has 2 aromatic carbocycles. The van der Waals surface area contributed by atoms with Crippen molar-refractivity contribution >= 4 is 52.9 Å². The van der Waals surface area contributed by atoms with E-state index in [2.05, 4.69) is 26.6 Å². The van der Waals surface area contributed by atoms with Crippen molar-refractivity contribution < 1.29 is 88.0 Å². The Bertz CT molecular complexity index is 2460. The van der Waals surface area contributed by atoms with E-state index >= 15 is 0 Å². The zero-order chi connectivity index (χ0) is 53.5. The number of aliphatic carboxylic acids is 1. The van der Waals surface area contributed by atoms with Gasteiger partial charge in [-0.25, -0.2) is 0 Å². The molecule has 1 fully saturated rings. The van der Waals surface area contributed by atoms with Gasteiger partial charge in [0.1, 0.15) is 53.7 Å². The van der Waals surface area contributed by atoms with E-state index in [0.717, 1.165) is 0 Å². The molecule has 0 bridgehead atoms. The second-order valence-corrected chi connectivity index (χ2v) is 19.3. The van der Waals surface area contributed by atoms with Gasteiger partial charge in [0.15, 0.2) is 17.9 Å². The molecule has 2 aliphatic carbocycles. The fraction of sp³-hybridized carbons (Fsp3) is 0.571. The average molecular weight is 1010 g/mol. The van der Waals surface area contributed by atoms with E-state index in [4.69, 9.17) is 19.3 Å². The number of rotatable bonds is 22. The standard InChI is InChI=1S/C49H65N5O18/c1-21(2)15-28(52-34(58)13-14-50-33(57)11-12-35(59)60)47(67)51-23(5)46(66)54-29(16-22(3)4)48(68)53-27-17-36(71-24(6)41(27)61)72-31-19-49(69,32(56)20-55)18-26-38(31)45(65)40-39(43(26)63)42(62)25-9-8-10-30(70-7)37(25)44(40)64/h8-10,21-24,27-29,31,36,41,55,61,63,65,69H,11-20H2,1-7H3,(H,50,57)(H,51,67)(H,52,58)(H,53,68)(H,54,66)(H,59,60). The molecule has 2 aromatic rings. The van der Waals surface area contributed by atoms with E-state index in [-0.39, 0.29) is 84.9 Å². The minimum absolute atomic E-state index is 0.0151. The molecule has 5 amide bonds. The number of carbonyl (C=O) groups excluding carboxylic acids is 8. The average Bonchev–Trinajstić information content (AvgIpc) is 3.31. The highest BCUT2D eigenvalue weighted by atomic mass is 16.7. The van der Waals surface area contributed by atoms with Gasteiger partial charge in [0.05, 0.1) is 48.5 Å². The fourth-order valence-electron chi connectivity index (χ4n) is 9.11. The highest BCUT2D eigenvalue weighted by Gasteiger charge is 2.50. The number of carboxylic acid groups (broad SMARTS) is 1. The lowest BCUT2D eigenvalue weighted by molar-refractivity contribution is -0.249. The number of carbonyl (C=O) groups is 9. The summed E-state index contributed by atoms with van der Waals surface area (Å²) in [5.41, 5.74) is -4.50. The molecule has 9 atom stereocenters. The van der Waals surface area contributed by atoms with Crippen molar-refractivity contribution in [1.82, 2.24) is 26.6 Å². The summed E-state index contributed by atoms with van der Waals surface area (Å²) in [6, 6.07) is -0.467. The lowest BCUT2D eigenvalue weighted by Gasteiger charge is -2.43. The number of Topliss-reactive ketones (excluding diaryl/α,β-unsaturated/α-hetero) is 1. The Kier molecular flexibility index (Phi) is 18.6. The van der Waals surface area contributed by atoms with Crippen LogP contribution in [0.1, 0.15) is 136 Å². The number of amides is 5. The number of fused-ring (bicyclic) bond motifs is 3. The van der Waals surface area contributed by atoms with Gasteiger partial charge in [-0.05, 0) is 44.6 Å². The number of aromatic hydroxyl groups is 2. The van der Waals surface area contributed by atoms with Crippen LogP contribution in [0.3, 0.4) is 0 Å². The molecule has 3 aliphatic rings. The number of aliphatic hydroxyl groups excluding tert-OH is 2. The molecule has 23 nitrogen and oxygen atoms in total. The number of methoxy groups -OCH3 is 1. The number of phenolic OH excluding ortho intramolecular Hbond substituents is 2. The third-order valence-electron chi connectivity index (χ3n) is 12.8. The maximum Gasteiger partial charge on any atom is 0.303 e. The summed E-state index contributed by atoms with van der Waals surface area (Å²) in [7, 11) is 1.28. The zero-order valence-electron chi connectivity index (χ0n) is 41.2. The Balaban J connectivity index is 1.32. The zero-order valence-corrected chi connectivity index (χ0v) is 41.2. The molecular formula is C49H65N5O18. The van der Waals surface area contributed by atoms with Crippen LogP contribution >= 0.6 is 0 Å². The van der Waals surface area contributed by atoms with Crippen LogP contribution in [0, 0.1) is 11.8 Å². The molecule has 1 aliphatic heterocycles. The molecule has 0 aromatic heterocycles. The predicted octanol–water partition coefficient (Wildman–Crippen LogP) is 0.0964. The van der Waals surface area contributed by atoms with Gasteiger partial charge in [0.25, 0.3) is 0 Å². The third-order valence-corrected chi connectivity index (χ3v) is 12.8. The smallest absolute Gasteiger partial charge is 0.303 e. The Labute approximate surface area is 414 Å². The van der Waals surface area contributed by atoms with Crippen LogP contribution in [-0.2, 0) is 49.5 Å². The summed E-state index contributed by atoms with van der Waals surface area (Å²) in [5.74, 6) is -9.18. The number of aliphatic hydroxyl groups is 3. The number of hydrogen-bond acceptors (Lipinski definition) is 17. The number of benzene rings is 2. The topological polar surface area (TPSA) is 363 Å². The SMILES string of the molecule is COc1cccc2c1C(=O)c1c(O)c3c(c(O)c1C2=O)CC(O)(C(=O)CO)CC3OC1CC(NC(=O)C(CC(C)C)NC(=O)C(C)NC(=O)C(CC(C)C)NC(=O)CCNC(=O)CCC(=O)O)C(O)C(C)O1. The van der Waals surface area contributed by atoms with Crippen LogP contribution in [0.15, 0.2) is 18.2 Å². The van der Waals surface area contributed by atoms with Gasteiger partial charge in [-0.3, -0.25) is 43.2 Å². The molecule has 1 saturated heterocycles. The van der Waals surface area contributed by atoms with E-state index in [9.17, 15) is 68.7 Å². The van der Waals surface area contributed by atoms with E-state index in [1.807, 2.05) is 13.8 Å². The first-order valence-electron chi connectivity index (χ1n) is 23.7. The first-order valence-corrected chi connectivity index (χ1v) is 23.7. The van der Waals surface area contributed by atoms with Crippen LogP contribution in [0.5, 0.6) is 17.2 Å². The van der Waals surface area contributed by atoms with Gasteiger partial charge < -0.3 is 71.4 Å². The van der Waals surface area contributed by atoms with Crippen molar-refractivity contribution in [1.29, 1.82) is 0 Å². The second-order valence-electron chi connectivity index (χ2n) is 19.3. The largest absolute Gasteiger partial charge is 0.507 e. The van der Waals surface area contributed by atoms with Crippen molar-refractivity contribution in [3.05, 3.63) is 51.6 Å². The molecule has 0 spiro atoms. The molecule has 0 saturated carbocycles. The summed E-state index contributed by atoms with van der Waals surface area (Å²) in [6.45, 7) is 8.80. The summed E-state index contributed by atoms with van der Waals surface area (Å²) >= 11 is 0. The second kappa shape index (κ2) is 23.8. The van der Waals surface area contributed by atoms with Crippen molar-refractivity contribution in [2.45, 2.75) is 147 Å². The number of phenols is 2. The number of ether oxygens (including phenoxy) is 3. The van der Waals surface area contributed by atoms with Crippen molar-refractivity contribution in [3.63, 3.8) is 0 Å².